The number of anilines is 2. The molecular formula is C11H19N5. The van der Waals surface area contributed by atoms with Crippen LogP contribution in [0.2, 0.25) is 0 Å². The molecule has 1 aliphatic rings. The summed E-state index contributed by atoms with van der Waals surface area (Å²) in [7, 11) is 0. The van der Waals surface area contributed by atoms with Crippen molar-refractivity contribution in [2.24, 2.45) is 0 Å². The van der Waals surface area contributed by atoms with Gasteiger partial charge >= 0.3 is 0 Å². The molecule has 16 heavy (non-hydrogen) atoms. The Balaban J connectivity index is 2.02. The molecule has 0 atom stereocenters. The monoisotopic (exact) mass is 221 g/mol. The minimum atomic E-state index is 0.873. The molecule has 1 fully saturated rings. The van der Waals surface area contributed by atoms with Crippen molar-refractivity contribution in [3.63, 3.8) is 0 Å². The van der Waals surface area contributed by atoms with Gasteiger partial charge in [0.1, 0.15) is 11.6 Å². The maximum atomic E-state index is 4.56. The lowest BCUT2D eigenvalue weighted by Crippen LogP contribution is -2.44. The second-order valence-electron chi connectivity index (χ2n) is 3.93. The lowest BCUT2D eigenvalue weighted by molar-refractivity contribution is 0.584. The van der Waals surface area contributed by atoms with Crippen molar-refractivity contribution < 1.29 is 0 Å². The number of aromatic nitrogens is 2. The van der Waals surface area contributed by atoms with E-state index >= 15 is 0 Å². The molecule has 0 aromatic carbocycles. The van der Waals surface area contributed by atoms with Crippen LogP contribution in [0.5, 0.6) is 0 Å². The Labute approximate surface area is 96.3 Å². The first kappa shape index (κ1) is 11.1. The highest BCUT2D eigenvalue weighted by Gasteiger charge is 2.11. The molecule has 2 rings (SSSR count). The van der Waals surface area contributed by atoms with Gasteiger partial charge in [-0.05, 0) is 6.42 Å². The van der Waals surface area contributed by atoms with Crippen molar-refractivity contribution in [1.82, 2.24) is 15.3 Å². The zero-order chi connectivity index (χ0) is 11.2. The fourth-order valence-electron chi connectivity index (χ4n) is 1.74. The highest BCUT2D eigenvalue weighted by molar-refractivity contribution is 5.44. The van der Waals surface area contributed by atoms with Gasteiger partial charge in [0.25, 0.3) is 0 Å². The van der Waals surface area contributed by atoms with Gasteiger partial charge in [0.05, 0.1) is 12.4 Å². The number of hydrogen-bond donors (Lipinski definition) is 2. The van der Waals surface area contributed by atoms with E-state index in [0.29, 0.717) is 0 Å². The molecule has 0 unspecified atom stereocenters. The summed E-state index contributed by atoms with van der Waals surface area (Å²) < 4.78 is 0. The van der Waals surface area contributed by atoms with Gasteiger partial charge < -0.3 is 15.5 Å². The fraction of sp³-hybridized carbons (Fsp3) is 0.636. The summed E-state index contributed by atoms with van der Waals surface area (Å²) in [6.07, 6.45) is 4.71. The first-order valence-corrected chi connectivity index (χ1v) is 5.91. The van der Waals surface area contributed by atoms with E-state index in [-0.39, 0.29) is 0 Å². The molecule has 0 amide bonds. The van der Waals surface area contributed by atoms with Crippen LogP contribution in [0.15, 0.2) is 12.4 Å². The zero-order valence-electron chi connectivity index (χ0n) is 9.74. The maximum absolute atomic E-state index is 4.56. The van der Waals surface area contributed by atoms with Gasteiger partial charge in [-0.25, -0.2) is 4.98 Å². The predicted molar refractivity (Wildman–Crippen MR) is 65.9 cm³/mol. The molecule has 1 aromatic heterocycles. The lowest BCUT2D eigenvalue weighted by Gasteiger charge is -2.28. The number of rotatable bonds is 4. The highest BCUT2D eigenvalue weighted by atomic mass is 15.2. The van der Waals surface area contributed by atoms with Gasteiger partial charge in [-0.2, -0.15) is 0 Å². The van der Waals surface area contributed by atoms with Crippen LogP contribution in [0, 0.1) is 0 Å². The van der Waals surface area contributed by atoms with Crippen molar-refractivity contribution >= 4 is 11.6 Å². The van der Waals surface area contributed by atoms with Gasteiger partial charge in [-0.1, -0.05) is 6.92 Å². The molecule has 0 saturated carbocycles. The van der Waals surface area contributed by atoms with Gasteiger partial charge in [-0.15, -0.1) is 0 Å². The number of piperazine rings is 1. The Kier molecular flexibility index (Phi) is 3.93. The molecule has 5 nitrogen and oxygen atoms in total. The van der Waals surface area contributed by atoms with Crippen LogP contribution in [-0.2, 0) is 0 Å². The van der Waals surface area contributed by atoms with Crippen LogP contribution >= 0.6 is 0 Å². The highest BCUT2D eigenvalue weighted by Crippen LogP contribution is 2.12. The number of hydrogen-bond acceptors (Lipinski definition) is 5. The molecule has 0 radical (unpaired) electrons. The van der Waals surface area contributed by atoms with Crippen LogP contribution in [0.1, 0.15) is 13.3 Å². The summed E-state index contributed by atoms with van der Waals surface area (Å²) in [5.74, 6) is 1.85. The molecule has 1 aromatic rings. The Bertz CT molecular complexity index is 322. The van der Waals surface area contributed by atoms with E-state index in [4.69, 9.17) is 0 Å². The molecular weight excluding hydrogens is 202 g/mol. The summed E-state index contributed by atoms with van der Waals surface area (Å²) in [6, 6.07) is 0. The standard InChI is InChI=1S/C11H19N5/c1-2-3-14-10-8-13-9-11(15-10)16-6-4-12-5-7-16/h8-9,12H,2-7H2,1H3,(H,14,15). The molecule has 88 valence electrons. The Morgan fingerprint density at radius 1 is 1.38 bits per heavy atom. The van der Waals surface area contributed by atoms with Gasteiger partial charge in [-0.3, -0.25) is 4.98 Å². The first-order valence-electron chi connectivity index (χ1n) is 5.91. The van der Waals surface area contributed by atoms with Crippen LogP contribution < -0.4 is 15.5 Å². The summed E-state index contributed by atoms with van der Waals surface area (Å²) in [6.45, 7) is 7.14. The van der Waals surface area contributed by atoms with Gasteiger partial charge in [0, 0.05) is 32.7 Å². The van der Waals surface area contributed by atoms with E-state index in [1.807, 2.05) is 6.20 Å². The zero-order valence-corrected chi connectivity index (χ0v) is 9.74. The van der Waals surface area contributed by atoms with Crippen molar-refractivity contribution in [2.75, 3.05) is 42.9 Å². The van der Waals surface area contributed by atoms with Crippen LogP contribution in [0.25, 0.3) is 0 Å². The first-order chi connectivity index (χ1) is 7.90. The largest absolute Gasteiger partial charge is 0.369 e. The lowest BCUT2D eigenvalue weighted by atomic mass is 10.3. The third-order valence-corrected chi connectivity index (χ3v) is 2.62. The van der Waals surface area contributed by atoms with Crippen molar-refractivity contribution in [2.45, 2.75) is 13.3 Å². The summed E-state index contributed by atoms with van der Waals surface area (Å²) >= 11 is 0. The van der Waals surface area contributed by atoms with E-state index in [2.05, 4.69) is 32.4 Å². The average Bonchev–Trinajstić information content (AvgIpc) is 2.38. The minimum Gasteiger partial charge on any atom is -0.369 e. The molecule has 2 N–H and O–H groups in total. The number of nitrogens with zero attached hydrogens (tertiary/aromatic N) is 3. The second-order valence-corrected chi connectivity index (χ2v) is 3.93. The fourth-order valence-corrected chi connectivity index (χ4v) is 1.74. The normalized spacial score (nSPS) is 16.2. The van der Waals surface area contributed by atoms with E-state index in [1.54, 1.807) is 6.20 Å². The average molecular weight is 221 g/mol. The molecule has 5 heteroatoms. The number of nitrogens with one attached hydrogen (secondary N) is 2. The molecule has 0 spiro atoms. The Morgan fingerprint density at radius 2 is 2.19 bits per heavy atom. The quantitative estimate of drug-likeness (QED) is 0.784. The van der Waals surface area contributed by atoms with E-state index in [1.165, 1.54) is 0 Å². The molecule has 0 aliphatic carbocycles. The topological polar surface area (TPSA) is 53.1 Å². The second kappa shape index (κ2) is 5.65. The van der Waals surface area contributed by atoms with Crippen molar-refractivity contribution in [3.8, 4) is 0 Å². The third-order valence-electron chi connectivity index (χ3n) is 2.62. The smallest absolute Gasteiger partial charge is 0.149 e. The third kappa shape index (κ3) is 2.82. The predicted octanol–water partition coefficient (Wildman–Crippen LogP) is 0.708. The van der Waals surface area contributed by atoms with Crippen LogP contribution in [0.3, 0.4) is 0 Å². The SMILES string of the molecule is CCCNc1cncc(N2CCNCC2)n1. The summed E-state index contributed by atoms with van der Waals surface area (Å²) in [5.41, 5.74) is 0. The van der Waals surface area contributed by atoms with Crippen molar-refractivity contribution in [3.05, 3.63) is 12.4 Å². The summed E-state index contributed by atoms with van der Waals surface area (Å²) in [5, 5.41) is 6.59. The molecule has 1 saturated heterocycles. The van der Waals surface area contributed by atoms with E-state index in [0.717, 1.165) is 50.8 Å². The van der Waals surface area contributed by atoms with Gasteiger partial charge in [0.2, 0.25) is 0 Å². The maximum Gasteiger partial charge on any atom is 0.149 e. The minimum absolute atomic E-state index is 0.873. The Morgan fingerprint density at radius 3 is 2.94 bits per heavy atom. The molecule has 2 heterocycles. The summed E-state index contributed by atoms with van der Waals surface area (Å²) in [4.78, 5) is 11.0. The van der Waals surface area contributed by atoms with E-state index in [9.17, 15) is 0 Å². The molecule has 1 aliphatic heterocycles. The van der Waals surface area contributed by atoms with Crippen LogP contribution in [0.4, 0.5) is 11.6 Å². The van der Waals surface area contributed by atoms with Gasteiger partial charge in [0.15, 0.2) is 0 Å². The van der Waals surface area contributed by atoms with Crippen LogP contribution in [-0.4, -0.2) is 42.7 Å². The molecule has 0 bridgehead atoms. The van der Waals surface area contributed by atoms with E-state index < -0.39 is 0 Å². The van der Waals surface area contributed by atoms with Crippen molar-refractivity contribution in [1.29, 1.82) is 0 Å². The Hall–Kier alpha value is -1.36.